The van der Waals surface area contributed by atoms with E-state index in [2.05, 4.69) is 29.1 Å². The maximum Gasteiger partial charge on any atom is 0.170 e. The van der Waals surface area contributed by atoms with Crippen LogP contribution in [0.15, 0.2) is 53.7 Å². The minimum atomic E-state index is 0.0867. The number of nitrogens with zero attached hydrogens (tertiary/aromatic N) is 3. The first-order valence-corrected chi connectivity index (χ1v) is 13.6. The van der Waals surface area contributed by atoms with E-state index >= 15 is 0 Å². The highest BCUT2D eigenvalue weighted by Crippen LogP contribution is 2.30. The number of rotatable bonds is 13. The summed E-state index contributed by atoms with van der Waals surface area (Å²) in [6.07, 6.45) is 3.94. The lowest BCUT2D eigenvalue weighted by Crippen LogP contribution is -2.37. The van der Waals surface area contributed by atoms with Gasteiger partial charge in [-0.2, -0.15) is 0 Å². The van der Waals surface area contributed by atoms with E-state index in [4.69, 9.17) is 30.1 Å². The van der Waals surface area contributed by atoms with Crippen LogP contribution in [0, 0.1) is 6.92 Å². The number of ether oxygens (including phenoxy) is 3. The Kier molecular flexibility index (Phi) is 10.2. The average Bonchev–Trinajstić information content (AvgIpc) is 3.32. The number of hydrogen-bond donors (Lipinski definition) is 2. The first-order valence-electron chi connectivity index (χ1n) is 12.8. The van der Waals surface area contributed by atoms with Gasteiger partial charge >= 0.3 is 0 Å². The molecule has 2 heterocycles. The second kappa shape index (κ2) is 14.0. The molecule has 0 amide bonds. The fourth-order valence-electron chi connectivity index (χ4n) is 4.20. The molecule has 0 unspecified atom stereocenters. The molecule has 2 aromatic carbocycles. The molecule has 198 valence electrons. The zero-order valence-corrected chi connectivity index (χ0v) is 22.2. The molecule has 0 radical (unpaired) electrons. The second-order valence-electron chi connectivity index (χ2n) is 9.00. The van der Waals surface area contributed by atoms with Gasteiger partial charge in [0, 0.05) is 35.6 Å². The fourth-order valence-corrected chi connectivity index (χ4v) is 5.15. The molecule has 1 aliphatic rings. The van der Waals surface area contributed by atoms with Gasteiger partial charge in [-0.3, -0.25) is 4.90 Å². The topological polar surface area (TPSA) is 102 Å². The van der Waals surface area contributed by atoms with Gasteiger partial charge in [0.2, 0.25) is 0 Å². The predicted molar refractivity (Wildman–Crippen MR) is 147 cm³/mol. The Morgan fingerprint density at radius 1 is 1.00 bits per heavy atom. The molecule has 3 aromatic rings. The largest absolute Gasteiger partial charge is 0.494 e. The third-order valence-corrected chi connectivity index (χ3v) is 7.31. The van der Waals surface area contributed by atoms with Gasteiger partial charge in [-0.1, -0.05) is 5.16 Å². The smallest absolute Gasteiger partial charge is 0.170 e. The molecule has 9 heteroatoms. The first-order chi connectivity index (χ1) is 18.1. The van der Waals surface area contributed by atoms with Crippen LogP contribution in [0.1, 0.15) is 34.7 Å². The van der Waals surface area contributed by atoms with E-state index in [9.17, 15) is 0 Å². The van der Waals surface area contributed by atoms with Gasteiger partial charge in [0.1, 0.15) is 11.5 Å². The number of oxime groups is 1. The van der Waals surface area contributed by atoms with Crippen molar-refractivity contribution in [2.45, 2.75) is 32.6 Å². The van der Waals surface area contributed by atoms with E-state index in [1.54, 1.807) is 23.5 Å². The number of morpholine rings is 1. The van der Waals surface area contributed by atoms with Crippen LogP contribution in [-0.2, 0) is 11.2 Å². The first kappa shape index (κ1) is 26.9. The SMILES string of the molecule is Cc1nc(-c2ccc(OCCCCCOc3ccc(/C(N)=N/O)cc3)cc2)c(CCN2CCOCC2)s1. The molecular formula is C28H36N4O4S. The fraction of sp³-hybridized carbons (Fsp3) is 0.429. The van der Waals surface area contributed by atoms with Gasteiger partial charge in [-0.25, -0.2) is 4.98 Å². The van der Waals surface area contributed by atoms with Crippen molar-refractivity contribution in [1.29, 1.82) is 0 Å². The normalized spacial score (nSPS) is 14.6. The van der Waals surface area contributed by atoms with Gasteiger partial charge in [0.15, 0.2) is 5.84 Å². The van der Waals surface area contributed by atoms with Crippen molar-refractivity contribution in [3.63, 3.8) is 0 Å². The highest BCUT2D eigenvalue weighted by molar-refractivity contribution is 7.12. The lowest BCUT2D eigenvalue weighted by molar-refractivity contribution is 0.0385. The summed E-state index contributed by atoms with van der Waals surface area (Å²) in [5, 5.41) is 12.8. The molecule has 37 heavy (non-hydrogen) atoms. The summed E-state index contributed by atoms with van der Waals surface area (Å²) < 4.78 is 17.2. The van der Waals surface area contributed by atoms with E-state index in [0.717, 1.165) is 86.3 Å². The number of aryl methyl sites for hydroxylation is 1. The summed E-state index contributed by atoms with van der Waals surface area (Å²) in [5.74, 6) is 1.74. The summed E-state index contributed by atoms with van der Waals surface area (Å²) in [6, 6.07) is 15.5. The Bertz CT molecular complexity index is 1130. The number of benzene rings is 2. The maximum absolute atomic E-state index is 8.72. The van der Waals surface area contributed by atoms with Crippen molar-refractivity contribution in [2.75, 3.05) is 46.1 Å². The number of unbranched alkanes of at least 4 members (excludes halogenated alkanes) is 2. The Balaban J connectivity index is 1.15. The lowest BCUT2D eigenvalue weighted by Gasteiger charge is -2.26. The number of thiazole rings is 1. The zero-order valence-electron chi connectivity index (χ0n) is 21.4. The van der Waals surface area contributed by atoms with Crippen molar-refractivity contribution in [3.05, 3.63) is 64.0 Å². The number of hydrogen-bond acceptors (Lipinski definition) is 8. The third kappa shape index (κ3) is 8.18. The van der Waals surface area contributed by atoms with E-state index in [-0.39, 0.29) is 5.84 Å². The molecule has 4 rings (SSSR count). The molecule has 1 aliphatic heterocycles. The number of nitrogens with two attached hydrogens (primary N) is 1. The molecular weight excluding hydrogens is 488 g/mol. The van der Waals surface area contributed by atoms with Crippen LogP contribution in [0.25, 0.3) is 11.3 Å². The quantitative estimate of drug-likeness (QED) is 0.110. The minimum Gasteiger partial charge on any atom is -0.494 e. The molecule has 0 spiro atoms. The molecule has 1 aromatic heterocycles. The van der Waals surface area contributed by atoms with Gasteiger partial charge in [-0.05, 0) is 81.1 Å². The van der Waals surface area contributed by atoms with Crippen molar-refractivity contribution < 1.29 is 19.4 Å². The summed E-state index contributed by atoms with van der Waals surface area (Å²) in [7, 11) is 0. The summed E-state index contributed by atoms with van der Waals surface area (Å²) in [4.78, 5) is 8.63. The van der Waals surface area contributed by atoms with Crippen molar-refractivity contribution in [2.24, 2.45) is 10.9 Å². The van der Waals surface area contributed by atoms with Crippen molar-refractivity contribution in [3.8, 4) is 22.8 Å². The number of aromatic nitrogens is 1. The Labute approximate surface area is 222 Å². The van der Waals surface area contributed by atoms with E-state index in [1.165, 1.54) is 4.88 Å². The van der Waals surface area contributed by atoms with Gasteiger partial charge in [0.05, 0.1) is 37.1 Å². The van der Waals surface area contributed by atoms with E-state index in [0.29, 0.717) is 18.8 Å². The van der Waals surface area contributed by atoms with Crippen molar-refractivity contribution >= 4 is 17.2 Å². The summed E-state index contributed by atoms with van der Waals surface area (Å²) in [5.41, 5.74) is 8.47. The maximum atomic E-state index is 8.72. The molecule has 0 atom stereocenters. The standard InChI is InChI=1S/C28H36N4O4S/c1-21-30-27(26(37-21)13-14-32-15-19-34-20-16-32)22-5-9-24(10-6-22)35-17-3-2-4-18-36-25-11-7-23(8-12-25)28(29)31-33/h5-12,33H,2-4,13-20H2,1H3,(H2,29,31). The van der Waals surface area contributed by atoms with Crippen LogP contribution in [0.3, 0.4) is 0 Å². The molecule has 1 fully saturated rings. The zero-order chi connectivity index (χ0) is 25.9. The summed E-state index contributed by atoms with van der Waals surface area (Å²) >= 11 is 1.80. The van der Waals surface area contributed by atoms with Crippen molar-refractivity contribution in [1.82, 2.24) is 9.88 Å². The molecule has 0 bridgehead atoms. The number of amidine groups is 1. The predicted octanol–water partition coefficient (Wildman–Crippen LogP) is 4.72. The minimum absolute atomic E-state index is 0.0867. The highest BCUT2D eigenvalue weighted by Gasteiger charge is 2.15. The monoisotopic (exact) mass is 524 g/mol. The van der Waals surface area contributed by atoms with Gasteiger partial charge < -0.3 is 25.2 Å². The Hall–Kier alpha value is -3.14. The van der Waals surface area contributed by atoms with Crippen LogP contribution in [0.5, 0.6) is 11.5 Å². The molecule has 0 saturated carbocycles. The average molecular weight is 525 g/mol. The van der Waals surface area contributed by atoms with E-state index < -0.39 is 0 Å². The van der Waals surface area contributed by atoms with Crippen LogP contribution in [0.4, 0.5) is 0 Å². The molecule has 1 saturated heterocycles. The third-order valence-electron chi connectivity index (χ3n) is 6.27. The Morgan fingerprint density at radius 3 is 2.24 bits per heavy atom. The summed E-state index contributed by atoms with van der Waals surface area (Å²) in [6.45, 7) is 8.12. The van der Waals surface area contributed by atoms with Gasteiger partial charge in [0.25, 0.3) is 0 Å². The van der Waals surface area contributed by atoms with Gasteiger partial charge in [-0.15, -0.1) is 11.3 Å². The van der Waals surface area contributed by atoms with Crippen LogP contribution < -0.4 is 15.2 Å². The molecule has 0 aliphatic carbocycles. The molecule has 3 N–H and O–H groups in total. The van der Waals surface area contributed by atoms with Crippen LogP contribution in [0.2, 0.25) is 0 Å². The van der Waals surface area contributed by atoms with E-state index in [1.807, 2.05) is 24.3 Å². The second-order valence-corrected chi connectivity index (χ2v) is 10.3. The highest BCUT2D eigenvalue weighted by atomic mass is 32.1. The van der Waals surface area contributed by atoms with Crippen LogP contribution in [-0.4, -0.2) is 67.0 Å². The van der Waals surface area contributed by atoms with Crippen LogP contribution >= 0.6 is 11.3 Å². The molecule has 8 nitrogen and oxygen atoms in total. The lowest BCUT2D eigenvalue weighted by atomic mass is 10.1. The Morgan fingerprint density at radius 2 is 1.62 bits per heavy atom.